The average molecular weight is 348 g/mol. The molecule has 5 nitrogen and oxygen atoms in total. The SMILES string of the molecule is C=CC(=O)NC1CC(C(=O)Nc2ccccc2C(=O)c2ccccc2)C1. The van der Waals surface area contributed by atoms with E-state index in [0.717, 1.165) is 0 Å². The first kappa shape index (κ1) is 17.6. The number of carbonyl (C=O) groups excluding carboxylic acids is 3. The van der Waals surface area contributed by atoms with Crippen molar-refractivity contribution in [1.29, 1.82) is 0 Å². The molecule has 0 radical (unpaired) electrons. The van der Waals surface area contributed by atoms with E-state index < -0.39 is 0 Å². The summed E-state index contributed by atoms with van der Waals surface area (Å²) >= 11 is 0. The molecule has 0 spiro atoms. The van der Waals surface area contributed by atoms with Gasteiger partial charge in [0.2, 0.25) is 11.8 Å². The van der Waals surface area contributed by atoms with Crippen LogP contribution in [0.1, 0.15) is 28.8 Å². The van der Waals surface area contributed by atoms with Gasteiger partial charge in [0.1, 0.15) is 0 Å². The van der Waals surface area contributed by atoms with E-state index in [-0.39, 0.29) is 29.6 Å². The first-order valence-corrected chi connectivity index (χ1v) is 8.51. The molecule has 1 saturated carbocycles. The highest BCUT2D eigenvalue weighted by atomic mass is 16.2. The Morgan fingerprint density at radius 3 is 2.31 bits per heavy atom. The molecule has 0 atom stereocenters. The van der Waals surface area contributed by atoms with Gasteiger partial charge in [-0.15, -0.1) is 0 Å². The van der Waals surface area contributed by atoms with Gasteiger partial charge in [0, 0.05) is 23.1 Å². The molecule has 0 aromatic heterocycles. The molecule has 0 aliphatic heterocycles. The van der Waals surface area contributed by atoms with Crippen LogP contribution in [0.15, 0.2) is 67.3 Å². The van der Waals surface area contributed by atoms with Crippen LogP contribution in [0.5, 0.6) is 0 Å². The molecule has 0 unspecified atom stereocenters. The molecule has 0 saturated heterocycles. The third-order valence-corrected chi connectivity index (χ3v) is 4.51. The van der Waals surface area contributed by atoms with Gasteiger partial charge in [-0.25, -0.2) is 0 Å². The normalized spacial score (nSPS) is 18.3. The molecule has 1 fully saturated rings. The van der Waals surface area contributed by atoms with Gasteiger partial charge < -0.3 is 10.6 Å². The zero-order valence-corrected chi connectivity index (χ0v) is 14.3. The van der Waals surface area contributed by atoms with E-state index in [4.69, 9.17) is 0 Å². The maximum absolute atomic E-state index is 12.7. The second-order valence-electron chi connectivity index (χ2n) is 6.31. The second kappa shape index (κ2) is 7.78. The van der Waals surface area contributed by atoms with Gasteiger partial charge in [0.05, 0.1) is 5.69 Å². The highest BCUT2D eigenvalue weighted by Crippen LogP contribution is 2.29. The Labute approximate surface area is 152 Å². The lowest BCUT2D eigenvalue weighted by molar-refractivity contribution is -0.125. The number of rotatable bonds is 6. The Hall–Kier alpha value is -3.21. The molecule has 2 aromatic rings. The lowest BCUT2D eigenvalue weighted by Crippen LogP contribution is -2.47. The van der Waals surface area contributed by atoms with Crippen LogP contribution in [0.4, 0.5) is 5.69 Å². The van der Waals surface area contributed by atoms with Crippen molar-refractivity contribution in [2.24, 2.45) is 5.92 Å². The first-order valence-electron chi connectivity index (χ1n) is 8.51. The molecule has 5 heteroatoms. The average Bonchev–Trinajstić information content (AvgIpc) is 2.64. The van der Waals surface area contributed by atoms with Gasteiger partial charge in [0.15, 0.2) is 5.78 Å². The fourth-order valence-corrected chi connectivity index (χ4v) is 2.98. The van der Waals surface area contributed by atoms with E-state index in [9.17, 15) is 14.4 Å². The Balaban J connectivity index is 1.66. The number of hydrogen-bond donors (Lipinski definition) is 2. The van der Waals surface area contributed by atoms with Gasteiger partial charge in [-0.3, -0.25) is 14.4 Å². The van der Waals surface area contributed by atoms with Crippen LogP contribution >= 0.6 is 0 Å². The van der Waals surface area contributed by atoms with Crippen LogP contribution in [0, 0.1) is 5.92 Å². The zero-order chi connectivity index (χ0) is 18.5. The highest BCUT2D eigenvalue weighted by Gasteiger charge is 2.35. The van der Waals surface area contributed by atoms with Crippen LogP contribution in [0.25, 0.3) is 0 Å². The van der Waals surface area contributed by atoms with Crippen molar-refractivity contribution in [1.82, 2.24) is 5.32 Å². The van der Waals surface area contributed by atoms with Crippen molar-refractivity contribution in [3.8, 4) is 0 Å². The summed E-state index contributed by atoms with van der Waals surface area (Å²) in [7, 11) is 0. The van der Waals surface area contributed by atoms with E-state index >= 15 is 0 Å². The molecule has 0 bridgehead atoms. The van der Waals surface area contributed by atoms with Crippen molar-refractivity contribution in [3.05, 3.63) is 78.4 Å². The van der Waals surface area contributed by atoms with Crippen LogP contribution < -0.4 is 10.6 Å². The molecular weight excluding hydrogens is 328 g/mol. The summed E-state index contributed by atoms with van der Waals surface area (Å²) in [4.78, 5) is 36.4. The van der Waals surface area contributed by atoms with Crippen LogP contribution in [-0.4, -0.2) is 23.6 Å². The molecular formula is C21H20N2O3. The van der Waals surface area contributed by atoms with E-state index in [1.165, 1.54) is 6.08 Å². The number of benzene rings is 2. The Morgan fingerprint density at radius 1 is 0.962 bits per heavy atom. The number of anilines is 1. The molecule has 0 heterocycles. The molecule has 132 valence electrons. The lowest BCUT2D eigenvalue weighted by Gasteiger charge is -2.34. The molecule has 26 heavy (non-hydrogen) atoms. The Bertz CT molecular complexity index is 839. The van der Waals surface area contributed by atoms with Crippen LogP contribution in [0.3, 0.4) is 0 Å². The third-order valence-electron chi connectivity index (χ3n) is 4.51. The summed E-state index contributed by atoms with van der Waals surface area (Å²) < 4.78 is 0. The fraction of sp³-hybridized carbons (Fsp3) is 0.190. The molecule has 3 rings (SSSR count). The van der Waals surface area contributed by atoms with E-state index in [2.05, 4.69) is 17.2 Å². The summed E-state index contributed by atoms with van der Waals surface area (Å²) in [5, 5.41) is 5.63. The summed E-state index contributed by atoms with van der Waals surface area (Å²) in [6, 6.07) is 15.9. The monoisotopic (exact) mass is 348 g/mol. The predicted octanol–water partition coefficient (Wildman–Crippen LogP) is 2.94. The first-order chi connectivity index (χ1) is 12.6. The number of para-hydroxylation sites is 1. The summed E-state index contributed by atoms with van der Waals surface area (Å²) in [5.74, 6) is -0.675. The van der Waals surface area contributed by atoms with E-state index in [0.29, 0.717) is 29.7 Å². The van der Waals surface area contributed by atoms with Crippen molar-refractivity contribution in [2.75, 3.05) is 5.32 Å². The number of nitrogens with one attached hydrogen (secondary N) is 2. The van der Waals surface area contributed by atoms with Crippen molar-refractivity contribution < 1.29 is 14.4 Å². The van der Waals surface area contributed by atoms with Crippen LogP contribution in [-0.2, 0) is 9.59 Å². The number of hydrogen-bond acceptors (Lipinski definition) is 3. The van der Waals surface area contributed by atoms with Gasteiger partial charge in [-0.2, -0.15) is 0 Å². The minimum Gasteiger partial charge on any atom is -0.350 e. The van der Waals surface area contributed by atoms with Gasteiger partial charge in [-0.1, -0.05) is 49.0 Å². The highest BCUT2D eigenvalue weighted by molar-refractivity contribution is 6.14. The van der Waals surface area contributed by atoms with Gasteiger partial charge >= 0.3 is 0 Å². The zero-order valence-electron chi connectivity index (χ0n) is 14.3. The fourth-order valence-electron chi connectivity index (χ4n) is 2.98. The number of ketones is 1. The molecule has 1 aliphatic carbocycles. The maximum Gasteiger partial charge on any atom is 0.243 e. The molecule has 1 aliphatic rings. The molecule has 2 N–H and O–H groups in total. The lowest BCUT2D eigenvalue weighted by atomic mass is 9.79. The standard InChI is InChI=1S/C21H20N2O3/c1-2-19(24)22-16-12-15(13-16)21(26)23-18-11-7-6-10-17(18)20(25)14-8-4-3-5-9-14/h2-11,15-16H,1,12-13H2,(H,22,24)(H,23,26). The number of carbonyl (C=O) groups is 3. The Morgan fingerprint density at radius 2 is 1.62 bits per heavy atom. The van der Waals surface area contributed by atoms with Gasteiger partial charge in [-0.05, 0) is 31.1 Å². The van der Waals surface area contributed by atoms with E-state index in [1.807, 2.05) is 6.07 Å². The third kappa shape index (κ3) is 3.88. The summed E-state index contributed by atoms with van der Waals surface area (Å²) in [5.41, 5.74) is 1.54. The molecule has 2 amide bonds. The van der Waals surface area contributed by atoms with Crippen molar-refractivity contribution in [2.45, 2.75) is 18.9 Å². The van der Waals surface area contributed by atoms with E-state index in [1.54, 1.807) is 48.5 Å². The van der Waals surface area contributed by atoms with Crippen LogP contribution in [0.2, 0.25) is 0 Å². The quantitative estimate of drug-likeness (QED) is 0.622. The van der Waals surface area contributed by atoms with Gasteiger partial charge in [0.25, 0.3) is 0 Å². The van der Waals surface area contributed by atoms with Crippen molar-refractivity contribution in [3.63, 3.8) is 0 Å². The summed E-state index contributed by atoms with van der Waals surface area (Å²) in [6.45, 7) is 3.41. The topological polar surface area (TPSA) is 75.3 Å². The predicted molar refractivity (Wildman–Crippen MR) is 99.8 cm³/mol. The minimum absolute atomic E-state index is 0.00237. The van der Waals surface area contributed by atoms with Crippen molar-refractivity contribution >= 4 is 23.3 Å². The second-order valence-corrected chi connectivity index (χ2v) is 6.31. The smallest absolute Gasteiger partial charge is 0.243 e. The number of amides is 2. The minimum atomic E-state index is -0.229. The molecule has 2 aromatic carbocycles. The summed E-state index contributed by atoms with van der Waals surface area (Å²) in [6.07, 6.45) is 2.39. The largest absolute Gasteiger partial charge is 0.350 e. The Kier molecular flexibility index (Phi) is 5.27. The maximum atomic E-state index is 12.7.